The zero-order chi connectivity index (χ0) is 11.7. The largest absolute Gasteiger partial charge is 0.188 e. The number of rotatable bonds is 1. The highest BCUT2D eigenvalue weighted by molar-refractivity contribution is 5.39. The van der Waals surface area contributed by atoms with E-state index in [0.717, 1.165) is 0 Å². The van der Waals surface area contributed by atoms with Gasteiger partial charge in [0, 0.05) is 0 Å². The van der Waals surface area contributed by atoms with Gasteiger partial charge in [0.2, 0.25) is 0 Å². The van der Waals surface area contributed by atoms with Crippen molar-refractivity contribution in [2.45, 2.75) is 19.5 Å². The van der Waals surface area contributed by atoms with Crippen molar-refractivity contribution in [3.63, 3.8) is 0 Å². The molecule has 2 nitrogen and oxygen atoms in total. The lowest BCUT2D eigenvalue weighted by atomic mass is 9.94. The summed E-state index contributed by atoms with van der Waals surface area (Å²) in [4.78, 5) is 0. The minimum Gasteiger partial charge on any atom is -0.188 e. The minimum atomic E-state index is 0.0700. The molecule has 0 spiro atoms. The van der Waals surface area contributed by atoms with Crippen LogP contribution >= 0.6 is 0 Å². The van der Waals surface area contributed by atoms with E-state index in [1.54, 1.807) is 0 Å². The lowest BCUT2D eigenvalue weighted by Crippen LogP contribution is -2.05. The van der Waals surface area contributed by atoms with Crippen molar-refractivity contribution in [3.05, 3.63) is 70.8 Å². The molecular formula is C15H14N2. The summed E-state index contributed by atoms with van der Waals surface area (Å²) in [5.74, 6) is 0. The minimum absolute atomic E-state index is 0.0700. The van der Waals surface area contributed by atoms with E-state index in [-0.39, 0.29) is 6.04 Å². The van der Waals surface area contributed by atoms with Gasteiger partial charge in [-0.15, -0.1) is 0 Å². The van der Waals surface area contributed by atoms with Crippen LogP contribution in [0.15, 0.2) is 58.8 Å². The van der Waals surface area contributed by atoms with Crippen molar-refractivity contribution in [3.8, 4) is 0 Å². The first-order chi connectivity index (χ1) is 8.34. The van der Waals surface area contributed by atoms with E-state index in [1.165, 1.54) is 22.3 Å². The van der Waals surface area contributed by atoms with Crippen LogP contribution in [-0.4, -0.2) is 0 Å². The average Bonchev–Trinajstić information content (AvgIpc) is 2.39. The smallest absolute Gasteiger partial charge is 0.121 e. The first kappa shape index (κ1) is 10.2. The molecule has 0 radical (unpaired) electrons. The van der Waals surface area contributed by atoms with Gasteiger partial charge in [-0.1, -0.05) is 54.1 Å². The van der Waals surface area contributed by atoms with Crippen molar-refractivity contribution in [1.29, 1.82) is 0 Å². The standard InChI is InChI=1S/C15H14N2/c1-11-6-8-12(9-7-11)15-14-5-3-2-4-13(14)10-16-17-15/h2-9,15H,10H2,1H3. The molecule has 0 saturated carbocycles. The predicted molar refractivity (Wildman–Crippen MR) is 68.0 cm³/mol. The maximum Gasteiger partial charge on any atom is 0.121 e. The molecule has 3 rings (SSSR count). The molecule has 2 aromatic carbocycles. The van der Waals surface area contributed by atoms with Crippen LogP contribution in [0.4, 0.5) is 0 Å². The molecular weight excluding hydrogens is 208 g/mol. The second-order valence-corrected chi connectivity index (χ2v) is 4.43. The van der Waals surface area contributed by atoms with Gasteiger partial charge < -0.3 is 0 Å². The molecule has 2 aromatic rings. The fourth-order valence-corrected chi connectivity index (χ4v) is 2.20. The molecule has 17 heavy (non-hydrogen) atoms. The summed E-state index contributed by atoms with van der Waals surface area (Å²) in [6.07, 6.45) is 0. The van der Waals surface area contributed by atoms with Gasteiger partial charge in [0.15, 0.2) is 0 Å². The van der Waals surface area contributed by atoms with E-state index in [9.17, 15) is 0 Å². The van der Waals surface area contributed by atoms with Gasteiger partial charge in [-0.05, 0) is 23.6 Å². The molecule has 1 atom stereocenters. The van der Waals surface area contributed by atoms with Gasteiger partial charge in [0.1, 0.15) is 6.04 Å². The topological polar surface area (TPSA) is 24.7 Å². The lowest BCUT2D eigenvalue weighted by Gasteiger charge is -2.19. The maximum atomic E-state index is 4.40. The third-order valence-corrected chi connectivity index (χ3v) is 3.18. The van der Waals surface area contributed by atoms with Gasteiger partial charge in [0.05, 0.1) is 6.54 Å². The molecule has 1 unspecified atom stereocenters. The Labute approximate surface area is 101 Å². The van der Waals surface area contributed by atoms with Crippen molar-refractivity contribution < 1.29 is 0 Å². The van der Waals surface area contributed by atoms with Crippen LogP contribution < -0.4 is 0 Å². The van der Waals surface area contributed by atoms with E-state index in [4.69, 9.17) is 0 Å². The van der Waals surface area contributed by atoms with E-state index in [2.05, 4.69) is 65.7 Å². The van der Waals surface area contributed by atoms with E-state index >= 15 is 0 Å². The molecule has 2 heteroatoms. The summed E-state index contributed by atoms with van der Waals surface area (Å²) in [5.41, 5.74) is 5.06. The molecule has 1 heterocycles. The monoisotopic (exact) mass is 222 g/mol. The molecule has 1 aliphatic heterocycles. The number of hydrogen-bond acceptors (Lipinski definition) is 2. The fourth-order valence-electron chi connectivity index (χ4n) is 2.20. The summed E-state index contributed by atoms with van der Waals surface area (Å²) in [6.45, 7) is 2.80. The van der Waals surface area contributed by atoms with Gasteiger partial charge in [0.25, 0.3) is 0 Å². The Morgan fingerprint density at radius 1 is 1.00 bits per heavy atom. The summed E-state index contributed by atoms with van der Waals surface area (Å²) in [6, 6.07) is 17.0. The predicted octanol–water partition coefficient (Wildman–Crippen LogP) is 4.05. The Hall–Kier alpha value is -1.96. The third-order valence-electron chi connectivity index (χ3n) is 3.18. The Bertz CT molecular complexity index is 555. The lowest BCUT2D eigenvalue weighted by molar-refractivity contribution is 0.705. The molecule has 0 aromatic heterocycles. The van der Waals surface area contributed by atoms with Gasteiger partial charge in [-0.2, -0.15) is 10.2 Å². The molecule has 0 bridgehead atoms. The van der Waals surface area contributed by atoms with Gasteiger partial charge in [-0.25, -0.2) is 0 Å². The zero-order valence-electron chi connectivity index (χ0n) is 9.80. The van der Waals surface area contributed by atoms with Crippen LogP contribution in [0, 0.1) is 6.92 Å². The number of hydrogen-bond donors (Lipinski definition) is 0. The van der Waals surface area contributed by atoms with E-state index in [0.29, 0.717) is 6.54 Å². The average molecular weight is 222 g/mol. The second kappa shape index (κ2) is 4.13. The van der Waals surface area contributed by atoms with Crippen LogP contribution in [0.2, 0.25) is 0 Å². The zero-order valence-corrected chi connectivity index (χ0v) is 9.80. The molecule has 0 aliphatic carbocycles. The van der Waals surface area contributed by atoms with Gasteiger partial charge >= 0.3 is 0 Å². The first-order valence-corrected chi connectivity index (χ1v) is 5.85. The van der Waals surface area contributed by atoms with Crippen molar-refractivity contribution in [2.75, 3.05) is 0 Å². The van der Waals surface area contributed by atoms with Crippen LogP contribution in [0.1, 0.15) is 28.3 Å². The highest BCUT2D eigenvalue weighted by Gasteiger charge is 2.19. The van der Waals surface area contributed by atoms with Crippen LogP contribution in [0.5, 0.6) is 0 Å². The van der Waals surface area contributed by atoms with Crippen molar-refractivity contribution in [1.82, 2.24) is 0 Å². The highest BCUT2D eigenvalue weighted by Crippen LogP contribution is 2.32. The highest BCUT2D eigenvalue weighted by atomic mass is 15.1. The molecule has 0 fully saturated rings. The summed E-state index contributed by atoms with van der Waals surface area (Å²) < 4.78 is 0. The summed E-state index contributed by atoms with van der Waals surface area (Å²) in [5, 5.41) is 8.62. The number of azo groups is 1. The Balaban J connectivity index is 2.06. The third kappa shape index (κ3) is 1.86. The summed E-state index contributed by atoms with van der Waals surface area (Å²) >= 11 is 0. The first-order valence-electron chi connectivity index (χ1n) is 5.85. The number of nitrogens with zero attached hydrogens (tertiary/aromatic N) is 2. The Kier molecular flexibility index (Phi) is 2.48. The van der Waals surface area contributed by atoms with Crippen molar-refractivity contribution >= 4 is 0 Å². The van der Waals surface area contributed by atoms with E-state index < -0.39 is 0 Å². The van der Waals surface area contributed by atoms with Crippen LogP contribution in [0.25, 0.3) is 0 Å². The second-order valence-electron chi connectivity index (χ2n) is 4.43. The van der Waals surface area contributed by atoms with E-state index in [1.807, 2.05) is 0 Å². The quantitative estimate of drug-likeness (QED) is 0.695. The summed E-state index contributed by atoms with van der Waals surface area (Å²) in [7, 11) is 0. The maximum absolute atomic E-state index is 4.40. The van der Waals surface area contributed by atoms with Crippen LogP contribution in [0.3, 0.4) is 0 Å². The number of benzene rings is 2. The van der Waals surface area contributed by atoms with Crippen LogP contribution in [-0.2, 0) is 6.54 Å². The Morgan fingerprint density at radius 2 is 1.76 bits per heavy atom. The van der Waals surface area contributed by atoms with Crippen molar-refractivity contribution in [2.24, 2.45) is 10.2 Å². The normalized spacial score (nSPS) is 17.8. The number of fused-ring (bicyclic) bond motifs is 1. The molecule has 0 N–H and O–H groups in total. The molecule has 84 valence electrons. The number of aryl methyl sites for hydroxylation is 1. The van der Waals surface area contributed by atoms with Gasteiger partial charge in [-0.3, -0.25) is 0 Å². The SMILES string of the molecule is Cc1ccc(C2N=NCc3ccccc32)cc1. The fraction of sp³-hybridized carbons (Fsp3) is 0.200. The molecule has 1 aliphatic rings. The Morgan fingerprint density at radius 3 is 2.59 bits per heavy atom. The molecule has 0 saturated heterocycles. The molecule has 0 amide bonds.